The van der Waals surface area contributed by atoms with Crippen LogP contribution in [0.4, 0.5) is 0 Å². The highest BCUT2D eigenvalue weighted by molar-refractivity contribution is 5.72. The molecule has 0 fully saturated rings. The maximum atomic E-state index is 9.44. The van der Waals surface area contributed by atoms with Gasteiger partial charge in [-0.25, -0.2) is 0 Å². The molecule has 2 N–H and O–H groups in total. The van der Waals surface area contributed by atoms with E-state index in [0.29, 0.717) is 6.42 Å². The molecule has 0 radical (unpaired) electrons. The summed E-state index contributed by atoms with van der Waals surface area (Å²) < 4.78 is 0. The number of Topliss-reactive ketones (excluding diaryl/α,β-unsaturated/α-hetero) is 1. The number of carbonyl (C=O) groups is 1. The molecule has 0 aromatic heterocycles. The summed E-state index contributed by atoms with van der Waals surface area (Å²) in [5.41, 5.74) is 0. The fourth-order valence-corrected chi connectivity index (χ4v) is 0.187. The van der Waals surface area contributed by atoms with Gasteiger partial charge < -0.3 is 15.0 Å². The zero-order valence-electron chi connectivity index (χ0n) is 6.79. The van der Waals surface area contributed by atoms with Crippen LogP contribution in [0.2, 0.25) is 0 Å². The molecule has 1 unspecified atom stereocenters. The SMILES string of the molecule is CC(C)=O.CC(O)CCO. The van der Waals surface area contributed by atoms with Crippen LogP contribution < -0.4 is 0 Å². The molecule has 0 spiro atoms. The summed E-state index contributed by atoms with van der Waals surface area (Å²) >= 11 is 0. The Kier molecular flexibility index (Phi) is 10.6. The molecule has 0 rings (SSSR count). The van der Waals surface area contributed by atoms with Crippen LogP contribution in [0.3, 0.4) is 0 Å². The predicted molar refractivity (Wildman–Crippen MR) is 39.7 cm³/mol. The summed E-state index contributed by atoms with van der Waals surface area (Å²) in [6, 6.07) is 0. The zero-order valence-corrected chi connectivity index (χ0v) is 6.79. The summed E-state index contributed by atoms with van der Waals surface area (Å²) in [5, 5.41) is 16.5. The Bertz CT molecular complexity index is 74.9. The highest BCUT2D eigenvalue weighted by Crippen LogP contribution is 1.83. The lowest BCUT2D eigenvalue weighted by Gasteiger charge is -1.95. The van der Waals surface area contributed by atoms with Gasteiger partial charge in [0.15, 0.2) is 0 Å². The average molecular weight is 148 g/mol. The molecular formula is C7H16O3. The minimum absolute atomic E-state index is 0.0810. The summed E-state index contributed by atoms with van der Waals surface area (Å²) in [5.74, 6) is 0.167. The van der Waals surface area contributed by atoms with Crippen molar-refractivity contribution in [2.75, 3.05) is 6.61 Å². The minimum atomic E-state index is -0.352. The molecule has 1 atom stereocenters. The zero-order chi connectivity index (χ0) is 8.57. The molecular weight excluding hydrogens is 132 g/mol. The summed E-state index contributed by atoms with van der Waals surface area (Å²) in [6.07, 6.45) is 0.134. The van der Waals surface area contributed by atoms with Crippen molar-refractivity contribution in [2.24, 2.45) is 0 Å². The average Bonchev–Trinajstić information content (AvgIpc) is 1.62. The van der Waals surface area contributed by atoms with Crippen LogP contribution >= 0.6 is 0 Å². The Morgan fingerprint density at radius 2 is 1.80 bits per heavy atom. The number of aliphatic hydroxyl groups is 2. The number of carbonyl (C=O) groups excluding carboxylic acids is 1. The lowest BCUT2D eigenvalue weighted by atomic mass is 10.3. The van der Waals surface area contributed by atoms with Crippen molar-refractivity contribution in [1.29, 1.82) is 0 Å². The third-order valence-corrected chi connectivity index (χ3v) is 0.547. The van der Waals surface area contributed by atoms with Crippen LogP contribution in [0.5, 0.6) is 0 Å². The van der Waals surface area contributed by atoms with E-state index in [0.717, 1.165) is 0 Å². The van der Waals surface area contributed by atoms with Crippen molar-refractivity contribution in [2.45, 2.75) is 33.3 Å². The Labute approximate surface area is 61.7 Å². The van der Waals surface area contributed by atoms with Crippen molar-refractivity contribution < 1.29 is 15.0 Å². The quantitative estimate of drug-likeness (QED) is 0.594. The van der Waals surface area contributed by atoms with E-state index in [2.05, 4.69) is 0 Å². The van der Waals surface area contributed by atoms with Crippen LogP contribution in [0.1, 0.15) is 27.2 Å². The molecule has 0 amide bonds. The fraction of sp³-hybridized carbons (Fsp3) is 0.857. The fourth-order valence-electron chi connectivity index (χ4n) is 0.187. The molecule has 0 saturated heterocycles. The standard InChI is InChI=1S/C4H10O2.C3H6O/c1-4(6)2-3-5;1-3(2)4/h4-6H,2-3H2,1H3;1-2H3. The summed E-state index contributed by atoms with van der Waals surface area (Å²) in [6.45, 7) is 4.79. The van der Waals surface area contributed by atoms with Gasteiger partial charge in [-0.05, 0) is 27.2 Å². The molecule has 0 bridgehead atoms. The van der Waals surface area contributed by atoms with Crippen LogP contribution in [-0.4, -0.2) is 28.7 Å². The third-order valence-electron chi connectivity index (χ3n) is 0.547. The van der Waals surface area contributed by atoms with Crippen molar-refractivity contribution in [1.82, 2.24) is 0 Å². The Hall–Kier alpha value is -0.410. The molecule has 0 heterocycles. The smallest absolute Gasteiger partial charge is 0.126 e. The van der Waals surface area contributed by atoms with Gasteiger partial charge in [-0.2, -0.15) is 0 Å². The molecule has 0 aromatic rings. The maximum absolute atomic E-state index is 9.44. The number of aliphatic hydroxyl groups excluding tert-OH is 2. The number of rotatable bonds is 2. The largest absolute Gasteiger partial charge is 0.396 e. The van der Waals surface area contributed by atoms with Gasteiger partial charge in [-0.1, -0.05) is 0 Å². The Morgan fingerprint density at radius 1 is 1.50 bits per heavy atom. The monoisotopic (exact) mass is 148 g/mol. The first-order chi connectivity index (χ1) is 4.50. The van der Waals surface area contributed by atoms with E-state index in [4.69, 9.17) is 10.2 Å². The molecule has 10 heavy (non-hydrogen) atoms. The predicted octanol–water partition coefficient (Wildman–Crippen LogP) is 0.345. The van der Waals surface area contributed by atoms with Crippen LogP contribution in [0.25, 0.3) is 0 Å². The van der Waals surface area contributed by atoms with E-state index in [9.17, 15) is 4.79 Å². The van der Waals surface area contributed by atoms with E-state index < -0.39 is 0 Å². The number of hydrogen-bond acceptors (Lipinski definition) is 3. The first kappa shape index (κ1) is 12.3. The molecule has 0 saturated carbocycles. The Morgan fingerprint density at radius 3 is 1.80 bits per heavy atom. The van der Waals surface area contributed by atoms with Gasteiger partial charge in [0.05, 0.1) is 6.10 Å². The normalized spacial score (nSPS) is 11.3. The first-order valence-corrected chi connectivity index (χ1v) is 3.26. The lowest BCUT2D eigenvalue weighted by Crippen LogP contribution is -2.00. The van der Waals surface area contributed by atoms with Gasteiger partial charge in [-0.3, -0.25) is 0 Å². The summed E-state index contributed by atoms with van der Waals surface area (Å²) in [4.78, 5) is 9.44. The third kappa shape index (κ3) is 49.1. The number of ketones is 1. The molecule has 0 aliphatic heterocycles. The molecule has 0 aromatic carbocycles. The molecule has 0 aliphatic rings. The molecule has 0 aliphatic carbocycles. The second-order valence-corrected chi connectivity index (χ2v) is 2.27. The highest BCUT2D eigenvalue weighted by Gasteiger charge is 1.88. The molecule has 62 valence electrons. The topological polar surface area (TPSA) is 57.5 Å². The highest BCUT2D eigenvalue weighted by atomic mass is 16.3. The first-order valence-electron chi connectivity index (χ1n) is 3.26. The molecule has 3 nitrogen and oxygen atoms in total. The van der Waals surface area contributed by atoms with Gasteiger partial charge in [0.2, 0.25) is 0 Å². The van der Waals surface area contributed by atoms with Crippen LogP contribution in [0, 0.1) is 0 Å². The van der Waals surface area contributed by atoms with Crippen molar-refractivity contribution >= 4 is 5.78 Å². The van der Waals surface area contributed by atoms with Gasteiger partial charge in [0.25, 0.3) is 0 Å². The second kappa shape index (κ2) is 8.59. The Balaban J connectivity index is 0. The van der Waals surface area contributed by atoms with Gasteiger partial charge in [0, 0.05) is 6.61 Å². The van der Waals surface area contributed by atoms with E-state index >= 15 is 0 Å². The molecule has 3 heteroatoms. The van der Waals surface area contributed by atoms with Crippen molar-refractivity contribution in [3.63, 3.8) is 0 Å². The number of hydrogen-bond donors (Lipinski definition) is 2. The minimum Gasteiger partial charge on any atom is -0.396 e. The van der Waals surface area contributed by atoms with Crippen LogP contribution in [0.15, 0.2) is 0 Å². The van der Waals surface area contributed by atoms with Crippen molar-refractivity contribution in [3.8, 4) is 0 Å². The second-order valence-electron chi connectivity index (χ2n) is 2.27. The van der Waals surface area contributed by atoms with E-state index in [1.165, 1.54) is 13.8 Å². The summed E-state index contributed by atoms with van der Waals surface area (Å²) in [7, 11) is 0. The van der Waals surface area contributed by atoms with E-state index in [1.807, 2.05) is 0 Å². The van der Waals surface area contributed by atoms with Gasteiger partial charge >= 0.3 is 0 Å². The van der Waals surface area contributed by atoms with Gasteiger partial charge in [0.1, 0.15) is 5.78 Å². The maximum Gasteiger partial charge on any atom is 0.126 e. The lowest BCUT2D eigenvalue weighted by molar-refractivity contribution is -0.114. The van der Waals surface area contributed by atoms with E-state index in [1.54, 1.807) is 6.92 Å². The van der Waals surface area contributed by atoms with Gasteiger partial charge in [-0.15, -0.1) is 0 Å². The van der Waals surface area contributed by atoms with Crippen LogP contribution in [-0.2, 0) is 4.79 Å². The van der Waals surface area contributed by atoms with Crippen molar-refractivity contribution in [3.05, 3.63) is 0 Å². The van der Waals surface area contributed by atoms with E-state index in [-0.39, 0.29) is 18.5 Å².